The summed E-state index contributed by atoms with van der Waals surface area (Å²) in [6.45, 7) is -0.368. The number of carbonyl (C=O) groups excluding carboxylic acids is 2. The topological polar surface area (TPSA) is 143 Å². The Bertz CT molecular complexity index is 1850. The first-order chi connectivity index (χ1) is 22.2. The van der Waals surface area contributed by atoms with Crippen LogP contribution in [-0.4, -0.2) is 60.5 Å². The van der Waals surface area contributed by atoms with Crippen LogP contribution in [0.2, 0.25) is 5.02 Å². The summed E-state index contributed by atoms with van der Waals surface area (Å²) in [5.41, 5.74) is 1.59. The van der Waals surface area contributed by atoms with Crippen molar-refractivity contribution in [2.45, 2.75) is 25.4 Å². The predicted octanol–water partition coefficient (Wildman–Crippen LogP) is 3.56. The smallest absolute Gasteiger partial charge is 0.331 e. The molecule has 0 saturated heterocycles. The lowest BCUT2D eigenvalue weighted by Gasteiger charge is -2.21. The van der Waals surface area contributed by atoms with Crippen molar-refractivity contribution >= 4 is 34.9 Å². The Morgan fingerprint density at radius 2 is 1.72 bits per heavy atom. The molecular weight excluding hydrogens is 614 g/mol. The van der Waals surface area contributed by atoms with Crippen molar-refractivity contribution in [3.05, 3.63) is 104 Å². The molecule has 0 spiro atoms. The minimum atomic E-state index is -0.770. The minimum absolute atomic E-state index is 0.0144. The Morgan fingerprint density at radius 1 is 0.957 bits per heavy atom. The van der Waals surface area contributed by atoms with E-state index in [1.54, 1.807) is 48.7 Å². The number of hydrogen-bond donors (Lipinski definition) is 2. The van der Waals surface area contributed by atoms with E-state index in [2.05, 4.69) is 15.6 Å². The molecule has 2 aromatic carbocycles. The monoisotopic (exact) mass is 647 g/mol. The summed E-state index contributed by atoms with van der Waals surface area (Å²) in [5.74, 6) is -0.0456. The number of benzene rings is 2. The van der Waals surface area contributed by atoms with Crippen LogP contribution >= 0.6 is 11.6 Å². The average Bonchev–Trinajstić information content (AvgIpc) is 3.47. The maximum atomic E-state index is 13.8. The highest BCUT2D eigenvalue weighted by Crippen LogP contribution is 2.34. The number of aromatic nitrogens is 3. The van der Waals surface area contributed by atoms with Crippen molar-refractivity contribution in [3.63, 3.8) is 0 Å². The zero-order valence-electron chi connectivity index (χ0n) is 25.6. The van der Waals surface area contributed by atoms with Crippen LogP contribution in [0.4, 0.5) is 11.5 Å². The van der Waals surface area contributed by atoms with Crippen molar-refractivity contribution in [1.29, 1.82) is 0 Å². The van der Waals surface area contributed by atoms with Crippen LogP contribution in [0.1, 0.15) is 17.2 Å². The fourth-order valence-electron chi connectivity index (χ4n) is 5.60. The van der Waals surface area contributed by atoms with Crippen molar-refractivity contribution in [2.24, 2.45) is 5.92 Å². The summed E-state index contributed by atoms with van der Waals surface area (Å²) in [5, 5.41) is 5.87. The maximum Gasteiger partial charge on any atom is 0.331 e. The molecule has 0 radical (unpaired) electrons. The molecule has 1 unspecified atom stereocenters. The van der Waals surface area contributed by atoms with Crippen LogP contribution in [-0.2, 0) is 38.4 Å². The van der Waals surface area contributed by atoms with Crippen LogP contribution in [0.5, 0.6) is 5.75 Å². The Labute approximate surface area is 269 Å². The van der Waals surface area contributed by atoms with E-state index in [4.69, 9.17) is 25.8 Å². The quantitative estimate of drug-likeness (QED) is 0.238. The number of methoxy groups -OCH3 is 3. The minimum Gasteiger partial charge on any atom is -0.495 e. The maximum absolute atomic E-state index is 13.8. The summed E-state index contributed by atoms with van der Waals surface area (Å²) in [6, 6.07) is 15.0. The van der Waals surface area contributed by atoms with Crippen LogP contribution in [0.3, 0.4) is 0 Å². The summed E-state index contributed by atoms with van der Waals surface area (Å²) >= 11 is 6.57. The largest absolute Gasteiger partial charge is 0.495 e. The lowest BCUT2D eigenvalue weighted by Crippen LogP contribution is -2.46. The fraction of sp³-hybridized carbons (Fsp3) is 0.303. The van der Waals surface area contributed by atoms with Gasteiger partial charge in [-0.05, 0) is 54.3 Å². The SMILES string of the molecule is COCC(COC)n1c(=O)c(-c2cccc(OC)c2Cl)cn(CC(=O)Nc2ccc3c(c2)CC(C(=O)Nc2ccccn2)C3)c1=O. The zero-order valence-corrected chi connectivity index (χ0v) is 26.4. The molecule has 46 heavy (non-hydrogen) atoms. The van der Waals surface area contributed by atoms with Crippen molar-refractivity contribution < 1.29 is 23.8 Å². The van der Waals surface area contributed by atoms with E-state index < -0.39 is 29.7 Å². The average molecular weight is 648 g/mol. The molecule has 0 bridgehead atoms. The van der Waals surface area contributed by atoms with Gasteiger partial charge >= 0.3 is 5.69 Å². The van der Waals surface area contributed by atoms with Crippen molar-refractivity contribution in [3.8, 4) is 16.9 Å². The lowest BCUT2D eigenvalue weighted by atomic mass is 10.1. The number of nitrogens with zero attached hydrogens (tertiary/aromatic N) is 3. The van der Waals surface area contributed by atoms with Gasteiger partial charge in [-0.15, -0.1) is 0 Å². The number of fused-ring (bicyclic) bond motifs is 1. The number of rotatable bonds is 12. The highest BCUT2D eigenvalue weighted by Gasteiger charge is 2.28. The normalized spacial score (nSPS) is 13.8. The summed E-state index contributed by atoms with van der Waals surface area (Å²) < 4.78 is 18.1. The molecule has 12 nitrogen and oxygen atoms in total. The van der Waals surface area contributed by atoms with Crippen molar-refractivity contribution in [1.82, 2.24) is 14.1 Å². The first-order valence-electron chi connectivity index (χ1n) is 14.5. The van der Waals surface area contributed by atoms with E-state index in [1.165, 1.54) is 27.5 Å². The molecule has 240 valence electrons. The number of ether oxygens (including phenoxy) is 3. The van der Waals surface area contributed by atoms with E-state index in [-0.39, 0.29) is 35.6 Å². The first-order valence-corrected chi connectivity index (χ1v) is 14.9. The van der Waals surface area contributed by atoms with Gasteiger partial charge in [0.05, 0.1) is 37.0 Å². The standard InChI is InChI=1S/C33H34ClN5O7/c1-44-18-24(19-45-2)39-32(42)26(25-7-6-8-27(46-3)30(25)34)16-38(33(39)43)17-29(40)36-23-11-10-20-13-22(14-21(20)15-23)31(41)37-28-9-4-5-12-35-28/h4-12,15-16,22,24H,13-14,17-19H2,1-3H3,(H,36,40)(H,35,37,41). The van der Waals surface area contributed by atoms with Crippen molar-refractivity contribution in [2.75, 3.05) is 45.2 Å². The Morgan fingerprint density at radius 3 is 2.41 bits per heavy atom. The number of hydrogen-bond acceptors (Lipinski definition) is 8. The molecule has 1 aliphatic carbocycles. The van der Waals surface area contributed by atoms with Gasteiger partial charge in [0, 0.05) is 43.8 Å². The second kappa shape index (κ2) is 14.5. The molecular formula is C33H34ClN5O7. The molecule has 2 amide bonds. The third-order valence-electron chi connectivity index (χ3n) is 7.77. The molecule has 5 rings (SSSR count). The number of anilines is 2. The molecule has 0 saturated carbocycles. The fourth-order valence-corrected chi connectivity index (χ4v) is 5.91. The van der Waals surface area contributed by atoms with Gasteiger partial charge in [-0.25, -0.2) is 9.78 Å². The Hall–Kier alpha value is -4.78. The summed E-state index contributed by atoms with van der Waals surface area (Å²) in [6.07, 6.45) is 4.01. The van der Waals surface area contributed by atoms with Gasteiger partial charge in [-0.2, -0.15) is 0 Å². The van der Waals surface area contributed by atoms with E-state index in [0.29, 0.717) is 35.7 Å². The number of halogens is 1. The highest BCUT2D eigenvalue weighted by atomic mass is 35.5. The number of amides is 2. The van der Waals surface area contributed by atoms with Crippen LogP contribution < -0.4 is 26.6 Å². The highest BCUT2D eigenvalue weighted by molar-refractivity contribution is 6.34. The molecule has 0 fully saturated rings. The zero-order chi connectivity index (χ0) is 32.8. The number of carbonyl (C=O) groups is 2. The van der Waals surface area contributed by atoms with Gasteiger partial charge in [0.1, 0.15) is 18.1 Å². The molecule has 1 atom stereocenters. The second-order valence-corrected chi connectivity index (χ2v) is 11.2. The molecule has 2 heterocycles. The Balaban J connectivity index is 1.40. The van der Waals surface area contributed by atoms with Gasteiger partial charge < -0.3 is 24.8 Å². The van der Waals surface area contributed by atoms with Crippen LogP contribution in [0.15, 0.2) is 76.6 Å². The summed E-state index contributed by atoms with van der Waals surface area (Å²) in [4.78, 5) is 57.7. The molecule has 2 N–H and O–H groups in total. The van der Waals surface area contributed by atoms with Gasteiger partial charge in [0.15, 0.2) is 0 Å². The number of pyridine rings is 1. The van der Waals surface area contributed by atoms with Gasteiger partial charge in [0.25, 0.3) is 5.56 Å². The third-order valence-corrected chi connectivity index (χ3v) is 8.16. The van der Waals surface area contributed by atoms with Gasteiger partial charge in [-0.1, -0.05) is 35.9 Å². The summed E-state index contributed by atoms with van der Waals surface area (Å²) in [7, 11) is 4.36. The first kappa shape index (κ1) is 32.6. The Kier molecular flexibility index (Phi) is 10.3. The molecule has 0 aliphatic heterocycles. The van der Waals surface area contributed by atoms with E-state index in [0.717, 1.165) is 20.3 Å². The predicted molar refractivity (Wildman–Crippen MR) is 174 cm³/mol. The van der Waals surface area contributed by atoms with E-state index in [9.17, 15) is 19.2 Å². The van der Waals surface area contributed by atoms with Crippen LogP contribution in [0, 0.1) is 5.92 Å². The molecule has 1 aliphatic rings. The molecule has 13 heteroatoms. The van der Waals surface area contributed by atoms with E-state index >= 15 is 0 Å². The van der Waals surface area contributed by atoms with Gasteiger partial charge in [-0.3, -0.25) is 23.5 Å². The third kappa shape index (κ3) is 7.04. The lowest BCUT2D eigenvalue weighted by molar-refractivity contribution is -0.119. The number of nitrogens with one attached hydrogen (secondary N) is 2. The molecule has 2 aromatic heterocycles. The van der Waals surface area contributed by atoms with Gasteiger partial charge in [0.2, 0.25) is 11.8 Å². The molecule has 4 aromatic rings. The van der Waals surface area contributed by atoms with Crippen LogP contribution in [0.25, 0.3) is 11.1 Å². The second-order valence-electron chi connectivity index (χ2n) is 10.9. The van der Waals surface area contributed by atoms with E-state index in [1.807, 2.05) is 12.1 Å².